The molecule has 0 aliphatic rings. The molecule has 2 nitrogen and oxygen atoms in total. The minimum absolute atomic E-state index is 0.00435. The predicted octanol–water partition coefficient (Wildman–Crippen LogP) is 4.56. The van der Waals surface area contributed by atoms with Crippen LogP contribution < -0.4 is 5.73 Å². The molecule has 1 aromatic carbocycles. The van der Waals surface area contributed by atoms with Crippen molar-refractivity contribution in [2.45, 2.75) is 22.9 Å². The van der Waals surface area contributed by atoms with E-state index in [9.17, 15) is 0 Å². The van der Waals surface area contributed by atoms with E-state index in [0.29, 0.717) is 10.0 Å². The minimum atomic E-state index is -0.00435. The zero-order valence-electron chi connectivity index (χ0n) is 9.73. The second-order valence-corrected chi connectivity index (χ2v) is 5.89. The van der Waals surface area contributed by atoms with Gasteiger partial charge in [0.05, 0.1) is 0 Å². The van der Waals surface area contributed by atoms with Crippen LogP contribution in [0, 0.1) is 0 Å². The van der Waals surface area contributed by atoms with E-state index in [4.69, 9.17) is 28.9 Å². The van der Waals surface area contributed by atoms with Crippen LogP contribution in [0.3, 0.4) is 0 Å². The van der Waals surface area contributed by atoms with E-state index in [1.807, 2.05) is 31.2 Å². The van der Waals surface area contributed by atoms with Crippen LogP contribution in [0.1, 0.15) is 18.5 Å². The van der Waals surface area contributed by atoms with Crippen LogP contribution in [0.4, 0.5) is 0 Å². The first kappa shape index (κ1) is 13.7. The molecule has 0 unspecified atom stereocenters. The molecule has 0 fully saturated rings. The van der Waals surface area contributed by atoms with Crippen molar-refractivity contribution in [1.82, 2.24) is 4.98 Å². The summed E-state index contributed by atoms with van der Waals surface area (Å²) >= 11 is 13.4. The van der Waals surface area contributed by atoms with Crippen molar-refractivity contribution in [2.24, 2.45) is 5.73 Å². The molecule has 0 aliphatic carbocycles. The SMILES string of the molecule is C[C@@H](N)c1ccnc(Sc2cc(Cl)cc(Cl)c2)c1. The fourth-order valence-corrected chi connectivity index (χ4v) is 3.05. The highest BCUT2D eigenvalue weighted by molar-refractivity contribution is 7.99. The smallest absolute Gasteiger partial charge is 0.101 e. The van der Waals surface area contributed by atoms with Crippen molar-refractivity contribution in [3.63, 3.8) is 0 Å². The van der Waals surface area contributed by atoms with Gasteiger partial charge in [0.15, 0.2) is 0 Å². The number of nitrogens with two attached hydrogens (primary N) is 1. The first-order chi connectivity index (χ1) is 8.54. The monoisotopic (exact) mass is 298 g/mol. The summed E-state index contributed by atoms with van der Waals surface area (Å²) in [5, 5.41) is 2.12. The van der Waals surface area contributed by atoms with Crippen LogP contribution in [0.25, 0.3) is 0 Å². The zero-order valence-corrected chi connectivity index (χ0v) is 12.1. The molecule has 0 aliphatic heterocycles. The van der Waals surface area contributed by atoms with E-state index in [2.05, 4.69) is 4.98 Å². The van der Waals surface area contributed by atoms with Gasteiger partial charge in [-0.25, -0.2) is 4.98 Å². The lowest BCUT2D eigenvalue weighted by Crippen LogP contribution is -2.04. The molecular formula is C13H12Cl2N2S. The van der Waals surface area contributed by atoms with E-state index < -0.39 is 0 Å². The zero-order chi connectivity index (χ0) is 13.1. The van der Waals surface area contributed by atoms with Crippen molar-refractivity contribution < 1.29 is 0 Å². The molecule has 5 heteroatoms. The quantitative estimate of drug-likeness (QED) is 0.903. The first-order valence-electron chi connectivity index (χ1n) is 5.40. The van der Waals surface area contributed by atoms with E-state index >= 15 is 0 Å². The molecule has 2 N–H and O–H groups in total. The lowest BCUT2D eigenvalue weighted by Gasteiger charge is -2.07. The molecule has 2 aromatic rings. The number of aromatic nitrogens is 1. The molecule has 0 saturated heterocycles. The number of hydrogen-bond acceptors (Lipinski definition) is 3. The van der Waals surface area contributed by atoms with Crippen molar-refractivity contribution in [3.05, 3.63) is 52.1 Å². The summed E-state index contributed by atoms with van der Waals surface area (Å²) in [7, 11) is 0. The van der Waals surface area contributed by atoms with Gasteiger partial charge < -0.3 is 5.73 Å². The number of hydrogen-bond donors (Lipinski definition) is 1. The fourth-order valence-electron chi connectivity index (χ4n) is 1.47. The van der Waals surface area contributed by atoms with Crippen LogP contribution in [0.5, 0.6) is 0 Å². The maximum atomic E-state index is 5.96. The standard InChI is InChI=1S/C13H12Cl2N2S/c1-8(16)9-2-3-17-13(4-9)18-12-6-10(14)5-11(15)7-12/h2-8H,16H2,1H3/t8-/m1/s1. The summed E-state index contributed by atoms with van der Waals surface area (Å²) < 4.78 is 0. The molecule has 1 aromatic heterocycles. The number of halogens is 2. The molecule has 0 spiro atoms. The maximum Gasteiger partial charge on any atom is 0.101 e. The highest BCUT2D eigenvalue weighted by atomic mass is 35.5. The summed E-state index contributed by atoms with van der Waals surface area (Å²) in [4.78, 5) is 5.26. The highest BCUT2D eigenvalue weighted by Crippen LogP contribution is 2.31. The van der Waals surface area contributed by atoms with E-state index in [1.54, 1.807) is 12.3 Å². The summed E-state index contributed by atoms with van der Waals surface area (Å²) in [5.41, 5.74) is 6.90. The minimum Gasteiger partial charge on any atom is -0.324 e. The Morgan fingerprint density at radius 2 is 1.83 bits per heavy atom. The van der Waals surface area contributed by atoms with Gasteiger partial charge in [-0.2, -0.15) is 0 Å². The topological polar surface area (TPSA) is 38.9 Å². The molecule has 0 saturated carbocycles. The molecule has 1 atom stereocenters. The van der Waals surface area contributed by atoms with Gasteiger partial charge in [0.1, 0.15) is 5.03 Å². The lowest BCUT2D eigenvalue weighted by atomic mass is 10.1. The fraction of sp³-hybridized carbons (Fsp3) is 0.154. The highest BCUT2D eigenvalue weighted by Gasteiger charge is 2.05. The van der Waals surface area contributed by atoms with Gasteiger partial charge in [0.2, 0.25) is 0 Å². The third kappa shape index (κ3) is 3.62. The number of nitrogens with zero attached hydrogens (tertiary/aromatic N) is 1. The van der Waals surface area contributed by atoms with Crippen LogP contribution in [-0.4, -0.2) is 4.98 Å². The van der Waals surface area contributed by atoms with Gasteiger partial charge in [-0.05, 0) is 42.8 Å². The van der Waals surface area contributed by atoms with Crippen LogP contribution in [-0.2, 0) is 0 Å². The largest absolute Gasteiger partial charge is 0.324 e. The average Bonchev–Trinajstić information content (AvgIpc) is 2.27. The normalized spacial score (nSPS) is 12.4. The Labute approximate surface area is 121 Å². The second kappa shape index (κ2) is 5.93. The Morgan fingerprint density at radius 1 is 1.17 bits per heavy atom. The van der Waals surface area contributed by atoms with E-state index in [0.717, 1.165) is 15.5 Å². The van der Waals surface area contributed by atoms with Crippen molar-refractivity contribution in [3.8, 4) is 0 Å². The van der Waals surface area contributed by atoms with Gasteiger partial charge >= 0.3 is 0 Å². The molecule has 0 bridgehead atoms. The van der Waals surface area contributed by atoms with Crippen molar-refractivity contribution >= 4 is 35.0 Å². The van der Waals surface area contributed by atoms with E-state index in [1.165, 1.54) is 11.8 Å². The third-order valence-corrected chi connectivity index (χ3v) is 3.68. The molecule has 0 amide bonds. The Kier molecular flexibility index (Phi) is 4.51. The van der Waals surface area contributed by atoms with Crippen molar-refractivity contribution in [1.29, 1.82) is 0 Å². The molecule has 2 rings (SSSR count). The maximum absolute atomic E-state index is 5.96. The van der Waals surface area contributed by atoms with Crippen LogP contribution in [0.2, 0.25) is 10.0 Å². The Hall–Kier alpha value is -0.740. The lowest BCUT2D eigenvalue weighted by molar-refractivity contribution is 0.808. The number of pyridine rings is 1. The summed E-state index contributed by atoms with van der Waals surface area (Å²) in [6, 6.07) is 9.31. The van der Waals surface area contributed by atoms with Gasteiger partial charge in [-0.1, -0.05) is 35.0 Å². The Balaban J connectivity index is 2.25. The van der Waals surface area contributed by atoms with Gasteiger partial charge in [-0.15, -0.1) is 0 Å². The molecule has 1 heterocycles. The molecule has 18 heavy (non-hydrogen) atoms. The predicted molar refractivity (Wildman–Crippen MR) is 77.4 cm³/mol. The average molecular weight is 299 g/mol. The van der Waals surface area contributed by atoms with Gasteiger partial charge in [0.25, 0.3) is 0 Å². The summed E-state index contributed by atoms with van der Waals surface area (Å²) in [6.45, 7) is 1.94. The van der Waals surface area contributed by atoms with Gasteiger partial charge in [-0.3, -0.25) is 0 Å². The summed E-state index contributed by atoms with van der Waals surface area (Å²) in [5.74, 6) is 0. The Bertz CT molecular complexity index is 538. The molecule has 94 valence electrons. The van der Waals surface area contributed by atoms with Crippen LogP contribution in [0.15, 0.2) is 46.5 Å². The first-order valence-corrected chi connectivity index (χ1v) is 6.97. The van der Waals surface area contributed by atoms with Crippen molar-refractivity contribution in [2.75, 3.05) is 0 Å². The number of rotatable bonds is 3. The second-order valence-electron chi connectivity index (χ2n) is 3.92. The molecular weight excluding hydrogens is 287 g/mol. The van der Waals surface area contributed by atoms with Crippen LogP contribution >= 0.6 is 35.0 Å². The van der Waals surface area contributed by atoms with Gasteiger partial charge in [0, 0.05) is 27.2 Å². The Morgan fingerprint density at radius 3 is 2.44 bits per heavy atom. The third-order valence-electron chi connectivity index (χ3n) is 2.34. The number of benzene rings is 1. The summed E-state index contributed by atoms with van der Waals surface area (Å²) in [6.07, 6.45) is 1.76. The van der Waals surface area contributed by atoms with E-state index in [-0.39, 0.29) is 6.04 Å². The molecule has 0 radical (unpaired) electrons.